The molecule has 0 radical (unpaired) electrons. The number of unbranched alkanes of at least 4 members (excludes halogenated alkanes) is 9. The summed E-state index contributed by atoms with van der Waals surface area (Å²) in [5.41, 5.74) is 0. The average Bonchev–Trinajstić information content (AvgIpc) is 2.81. The lowest BCUT2D eigenvalue weighted by Crippen LogP contribution is -2.45. The molecular formula is C28H56N2O6P+. The van der Waals surface area contributed by atoms with Crippen LogP contribution in [0.2, 0.25) is 0 Å². The van der Waals surface area contributed by atoms with Crippen molar-refractivity contribution in [2.45, 2.75) is 109 Å². The Morgan fingerprint density at radius 3 is 2.19 bits per heavy atom. The van der Waals surface area contributed by atoms with E-state index in [9.17, 15) is 19.4 Å². The molecule has 3 unspecified atom stereocenters. The van der Waals surface area contributed by atoms with E-state index in [2.05, 4.69) is 31.3 Å². The Balaban J connectivity index is 4.63. The average molecular weight is 548 g/mol. The van der Waals surface area contributed by atoms with Gasteiger partial charge < -0.3 is 19.8 Å². The first-order valence-electron chi connectivity index (χ1n) is 14.2. The predicted octanol–water partition coefficient (Wildman–Crippen LogP) is 5.90. The van der Waals surface area contributed by atoms with Crippen molar-refractivity contribution in [3.8, 4) is 0 Å². The molecule has 0 heterocycles. The van der Waals surface area contributed by atoms with Crippen molar-refractivity contribution >= 4 is 13.7 Å². The molecule has 0 aromatic rings. The summed E-state index contributed by atoms with van der Waals surface area (Å²) in [6.45, 7) is 4.57. The van der Waals surface area contributed by atoms with E-state index >= 15 is 0 Å². The van der Waals surface area contributed by atoms with Gasteiger partial charge in [-0.2, -0.15) is 0 Å². The summed E-state index contributed by atoms with van der Waals surface area (Å²) in [5, 5.41) is 13.4. The van der Waals surface area contributed by atoms with E-state index in [-0.39, 0.29) is 19.1 Å². The SMILES string of the molecule is CCC/C=C\CCCCCCCC(=O)NC(COP(=O)(O)OCC[N+](C)(C)C)C(O)/C=C/CCCCC. The Morgan fingerprint density at radius 1 is 0.892 bits per heavy atom. The lowest BCUT2D eigenvalue weighted by Gasteiger charge is -2.25. The summed E-state index contributed by atoms with van der Waals surface area (Å²) in [6.07, 6.45) is 20.0. The number of phosphoric ester groups is 1. The number of rotatable bonds is 24. The van der Waals surface area contributed by atoms with E-state index in [4.69, 9.17) is 9.05 Å². The van der Waals surface area contributed by atoms with Gasteiger partial charge in [-0.1, -0.05) is 76.7 Å². The van der Waals surface area contributed by atoms with E-state index in [1.54, 1.807) is 6.08 Å². The number of quaternary nitrogens is 1. The quantitative estimate of drug-likeness (QED) is 0.0602. The van der Waals surface area contributed by atoms with Gasteiger partial charge in [0, 0.05) is 6.42 Å². The molecule has 1 amide bonds. The largest absolute Gasteiger partial charge is 0.472 e. The fourth-order valence-electron chi connectivity index (χ4n) is 3.51. The molecule has 9 heteroatoms. The summed E-state index contributed by atoms with van der Waals surface area (Å²) in [7, 11) is 1.55. The number of hydrogen-bond acceptors (Lipinski definition) is 5. The van der Waals surface area contributed by atoms with E-state index in [1.165, 1.54) is 12.8 Å². The van der Waals surface area contributed by atoms with Crippen molar-refractivity contribution in [2.24, 2.45) is 0 Å². The van der Waals surface area contributed by atoms with Crippen molar-refractivity contribution in [3.05, 3.63) is 24.3 Å². The summed E-state index contributed by atoms with van der Waals surface area (Å²) < 4.78 is 23.1. The maximum atomic E-state index is 12.5. The number of phosphoric acid groups is 1. The monoisotopic (exact) mass is 547 g/mol. The van der Waals surface area contributed by atoms with Gasteiger partial charge >= 0.3 is 7.82 Å². The molecule has 0 saturated carbocycles. The number of aliphatic hydroxyl groups excluding tert-OH is 1. The number of aliphatic hydroxyl groups is 1. The second-order valence-electron chi connectivity index (χ2n) is 10.8. The minimum Gasteiger partial charge on any atom is -0.387 e. The fourth-order valence-corrected chi connectivity index (χ4v) is 4.24. The Kier molecular flexibility index (Phi) is 21.3. The zero-order chi connectivity index (χ0) is 28.0. The second kappa shape index (κ2) is 21.9. The molecule has 0 bridgehead atoms. The molecule has 218 valence electrons. The maximum Gasteiger partial charge on any atom is 0.472 e. The molecule has 0 aliphatic heterocycles. The van der Waals surface area contributed by atoms with Gasteiger partial charge in [0.05, 0.1) is 39.9 Å². The van der Waals surface area contributed by atoms with Crippen molar-refractivity contribution in [3.63, 3.8) is 0 Å². The Labute approximate surface area is 226 Å². The number of nitrogens with one attached hydrogen (secondary N) is 1. The van der Waals surface area contributed by atoms with Crippen LogP contribution in [0.25, 0.3) is 0 Å². The minimum atomic E-state index is -4.30. The van der Waals surface area contributed by atoms with Gasteiger partial charge in [-0.05, 0) is 38.5 Å². The van der Waals surface area contributed by atoms with Crippen LogP contribution in [0.1, 0.15) is 97.3 Å². The number of likely N-dealkylation sites (N-methyl/N-ethyl adjacent to an activating group) is 1. The topological polar surface area (TPSA) is 105 Å². The van der Waals surface area contributed by atoms with Crippen LogP contribution < -0.4 is 5.32 Å². The molecular weight excluding hydrogens is 491 g/mol. The van der Waals surface area contributed by atoms with Crippen molar-refractivity contribution in [1.82, 2.24) is 5.32 Å². The van der Waals surface area contributed by atoms with Gasteiger partial charge in [0.1, 0.15) is 13.2 Å². The highest BCUT2D eigenvalue weighted by atomic mass is 31.2. The summed E-state index contributed by atoms with van der Waals surface area (Å²) in [5.74, 6) is -0.201. The van der Waals surface area contributed by atoms with Gasteiger partial charge in [-0.15, -0.1) is 0 Å². The molecule has 3 N–H and O–H groups in total. The fraction of sp³-hybridized carbons (Fsp3) is 0.821. The van der Waals surface area contributed by atoms with Crippen LogP contribution in [-0.2, 0) is 18.4 Å². The smallest absolute Gasteiger partial charge is 0.387 e. The van der Waals surface area contributed by atoms with Gasteiger partial charge in [0.25, 0.3) is 0 Å². The highest BCUT2D eigenvalue weighted by molar-refractivity contribution is 7.47. The number of hydrogen-bond donors (Lipinski definition) is 3. The van der Waals surface area contributed by atoms with Gasteiger partial charge in [0.2, 0.25) is 5.91 Å². The molecule has 0 spiro atoms. The number of carbonyl (C=O) groups excluding carboxylic acids is 1. The predicted molar refractivity (Wildman–Crippen MR) is 152 cm³/mol. The zero-order valence-corrected chi connectivity index (χ0v) is 25.1. The van der Waals surface area contributed by atoms with Crippen LogP contribution in [-0.4, -0.2) is 73.4 Å². The highest BCUT2D eigenvalue weighted by Gasteiger charge is 2.27. The Morgan fingerprint density at radius 2 is 1.51 bits per heavy atom. The highest BCUT2D eigenvalue weighted by Crippen LogP contribution is 2.43. The Hall–Kier alpha value is -1.02. The summed E-state index contributed by atoms with van der Waals surface area (Å²) >= 11 is 0. The first-order chi connectivity index (χ1) is 17.5. The first-order valence-corrected chi connectivity index (χ1v) is 15.7. The zero-order valence-electron chi connectivity index (χ0n) is 24.2. The van der Waals surface area contributed by atoms with E-state index in [0.29, 0.717) is 17.4 Å². The van der Waals surface area contributed by atoms with E-state index in [0.717, 1.165) is 64.2 Å². The van der Waals surface area contributed by atoms with Crippen LogP contribution in [0.3, 0.4) is 0 Å². The molecule has 0 aromatic carbocycles. The molecule has 3 atom stereocenters. The standard InChI is InChI=1S/C28H55N2O6P/c1-6-8-10-12-13-14-15-16-18-20-22-28(32)29-26(27(31)21-19-17-11-9-7-2)25-36-37(33,34)35-24-23-30(3,4)5/h10,12,19,21,26-27,31H,6-9,11,13-18,20,22-25H2,1-5H3,(H-,29,32,33,34)/p+1/b12-10-,21-19+. The van der Waals surface area contributed by atoms with Crippen LogP contribution in [0, 0.1) is 0 Å². The molecule has 0 rings (SSSR count). The van der Waals surface area contributed by atoms with Crippen LogP contribution in [0.15, 0.2) is 24.3 Å². The molecule has 37 heavy (non-hydrogen) atoms. The van der Waals surface area contributed by atoms with Gasteiger partial charge in [-0.3, -0.25) is 13.8 Å². The third kappa shape index (κ3) is 23.8. The maximum absolute atomic E-state index is 12.5. The van der Waals surface area contributed by atoms with E-state index in [1.807, 2.05) is 27.2 Å². The normalized spacial score (nSPS) is 15.8. The van der Waals surface area contributed by atoms with Crippen molar-refractivity contribution in [1.29, 1.82) is 0 Å². The second-order valence-corrected chi connectivity index (χ2v) is 12.2. The third-order valence-corrected chi connectivity index (χ3v) is 6.88. The van der Waals surface area contributed by atoms with Crippen LogP contribution in [0.4, 0.5) is 0 Å². The van der Waals surface area contributed by atoms with Gasteiger partial charge in [0.15, 0.2) is 0 Å². The summed E-state index contributed by atoms with van der Waals surface area (Å²) in [6, 6.07) is -0.840. The molecule has 0 saturated heterocycles. The minimum absolute atomic E-state index is 0.0587. The molecule has 0 aromatic heterocycles. The van der Waals surface area contributed by atoms with Crippen LogP contribution in [0.5, 0.6) is 0 Å². The Bertz CT molecular complexity index is 678. The third-order valence-electron chi connectivity index (χ3n) is 5.90. The number of nitrogens with zero attached hydrogens (tertiary/aromatic N) is 1. The van der Waals surface area contributed by atoms with E-state index < -0.39 is 20.0 Å². The first kappa shape index (κ1) is 36.0. The van der Waals surface area contributed by atoms with Crippen molar-refractivity contribution in [2.75, 3.05) is 40.9 Å². The van der Waals surface area contributed by atoms with Crippen molar-refractivity contribution < 1.29 is 32.9 Å². The molecule has 0 fully saturated rings. The molecule has 8 nitrogen and oxygen atoms in total. The van der Waals surface area contributed by atoms with Crippen LogP contribution >= 0.6 is 7.82 Å². The number of carbonyl (C=O) groups is 1. The number of amides is 1. The lowest BCUT2D eigenvalue weighted by molar-refractivity contribution is -0.870. The van der Waals surface area contributed by atoms with Gasteiger partial charge in [-0.25, -0.2) is 4.57 Å². The lowest BCUT2D eigenvalue weighted by atomic mass is 10.1. The molecule has 0 aliphatic rings. The molecule has 0 aliphatic carbocycles. The number of allylic oxidation sites excluding steroid dienone is 3. The summed E-state index contributed by atoms with van der Waals surface area (Å²) in [4.78, 5) is 22.6.